The number of morpholine rings is 1. The summed E-state index contributed by atoms with van der Waals surface area (Å²) in [6.45, 7) is 4.67. The third kappa shape index (κ3) is 3.87. The van der Waals surface area contributed by atoms with Crippen molar-refractivity contribution in [2.75, 3.05) is 19.8 Å². The van der Waals surface area contributed by atoms with Crippen molar-refractivity contribution < 1.29 is 9.26 Å². The minimum atomic E-state index is -0.124. The van der Waals surface area contributed by atoms with E-state index in [0.717, 1.165) is 17.8 Å². The first-order valence-electron chi connectivity index (χ1n) is 8.80. The number of aryl methyl sites for hydroxylation is 1. The molecule has 136 valence electrons. The van der Waals surface area contributed by atoms with E-state index >= 15 is 0 Å². The van der Waals surface area contributed by atoms with Crippen LogP contribution in [0.3, 0.4) is 0 Å². The van der Waals surface area contributed by atoms with Crippen LogP contribution in [0.1, 0.15) is 28.8 Å². The molecular formula is C20H19N5O2. The standard InChI is InChI=1S/C20H19N5O2/c1-14-5-6-22-17(9-14)12-25-7-8-26-13-18(25)20-23-19(24-27-20)16-4-2-3-15(10-16)11-21/h2-6,9-10,18H,7-8,12-13H2,1H3. The van der Waals surface area contributed by atoms with E-state index in [1.165, 1.54) is 5.56 Å². The molecule has 1 atom stereocenters. The van der Waals surface area contributed by atoms with Crippen molar-refractivity contribution >= 4 is 0 Å². The molecule has 0 aliphatic carbocycles. The Morgan fingerprint density at radius 3 is 3.07 bits per heavy atom. The Morgan fingerprint density at radius 2 is 2.22 bits per heavy atom. The molecule has 4 rings (SSSR count). The van der Waals surface area contributed by atoms with E-state index in [9.17, 15) is 0 Å². The fraction of sp³-hybridized carbons (Fsp3) is 0.300. The fourth-order valence-corrected chi connectivity index (χ4v) is 3.16. The lowest BCUT2D eigenvalue weighted by Gasteiger charge is -2.32. The average Bonchev–Trinajstić information content (AvgIpc) is 3.18. The molecule has 0 radical (unpaired) electrons. The van der Waals surface area contributed by atoms with Gasteiger partial charge in [-0.05, 0) is 36.8 Å². The predicted octanol–water partition coefficient (Wildman–Crippen LogP) is 2.89. The minimum Gasteiger partial charge on any atom is -0.378 e. The van der Waals surface area contributed by atoms with Crippen LogP contribution in [0.4, 0.5) is 0 Å². The quantitative estimate of drug-likeness (QED) is 0.706. The van der Waals surface area contributed by atoms with Crippen molar-refractivity contribution in [3.63, 3.8) is 0 Å². The van der Waals surface area contributed by atoms with Crippen LogP contribution in [0.25, 0.3) is 11.4 Å². The number of pyridine rings is 1. The second-order valence-corrected chi connectivity index (χ2v) is 6.53. The summed E-state index contributed by atoms with van der Waals surface area (Å²) in [6, 6.07) is 13.2. The highest BCUT2D eigenvalue weighted by molar-refractivity contribution is 5.57. The number of hydrogen-bond donors (Lipinski definition) is 0. The molecule has 27 heavy (non-hydrogen) atoms. The molecule has 0 spiro atoms. The molecule has 0 N–H and O–H groups in total. The number of rotatable bonds is 4. The normalized spacial score (nSPS) is 17.6. The number of benzene rings is 1. The summed E-state index contributed by atoms with van der Waals surface area (Å²) in [5.74, 6) is 0.987. The first kappa shape index (κ1) is 17.3. The Morgan fingerprint density at radius 1 is 1.30 bits per heavy atom. The zero-order valence-corrected chi connectivity index (χ0v) is 15.0. The van der Waals surface area contributed by atoms with Crippen LogP contribution in [0, 0.1) is 18.3 Å². The van der Waals surface area contributed by atoms with Crippen molar-refractivity contribution in [2.45, 2.75) is 19.5 Å². The Labute approximate surface area is 157 Å². The highest BCUT2D eigenvalue weighted by Crippen LogP contribution is 2.27. The molecule has 1 aliphatic heterocycles. The summed E-state index contributed by atoms with van der Waals surface area (Å²) in [5.41, 5.74) is 3.50. The lowest BCUT2D eigenvalue weighted by atomic mass is 10.1. The molecular weight excluding hydrogens is 342 g/mol. The third-order valence-corrected chi connectivity index (χ3v) is 4.55. The maximum atomic E-state index is 9.07. The molecule has 1 fully saturated rings. The van der Waals surface area contributed by atoms with Crippen LogP contribution < -0.4 is 0 Å². The first-order valence-corrected chi connectivity index (χ1v) is 8.80. The van der Waals surface area contributed by atoms with E-state index in [-0.39, 0.29) is 6.04 Å². The van der Waals surface area contributed by atoms with Crippen molar-refractivity contribution in [1.82, 2.24) is 20.0 Å². The average molecular weight is 361 g/mol. The topological polar surface area (TPSA) is 88.1 Å². The molecule has 1 aromatic carbocycles. The second kappa shape index (κ2) is 7.66. The third-order valence-electron chi connectivity index (χ3n) is 4.55. The number of aromatic nitrogens is 3. The van der Waals surface area contributed by atoms with Gasteiger partial charge in [-0.25, -0.2) is 0 Å². The monoisotopic (exact) mass is 361 g/mol. The summed E-state index contributed by atoms with van der Waals surface area (Å²) in [5, 5.41) is 13.2. The molecule has 2 aromatic heterocycles. The van der Waals surface area contributed by atoms with Gasteiger partial charge in [0.2, 0.25) is 11.7 Å². The lowest BCUT2D eigenvalue weighted by molar-refractivity contribution is -0.0246. The van der Waals surface area contributed by atoms with Gasteiger partial charge in [0.25, 0.3) is 0 Å². The molecule has 1 saturated heterocycles. The van der Waals surface area contributed by atoms with E-state index in [0.29, 0.717) is 37.0 Å². The van der Waals surface area contributed by atoms with Crippen LogP contribution in [-0.2, 0) is 11.3 Å². The van der Waals surface area contributed by atoms with Gasteiger partial charge in [-0.3, -0.25) is 9.88 Å². The van der Waals surface area contributed by atoms with Crippen molar-refractivity contribution in [2.24, 2.45) is 0 Å². The Kier molecular flexibility index (Phi) is 4.92. The molecule has 1 aliphatic rings. The van der Waals surface area contributed by atoms with Crippen molar-refractivity contribution in [3.8, 4) is 17.5 Å². The molecule has 7 heteroatoms. The van der Waals surface area contributed by atoms with Crippen LogP contribution in [0.2, 0.25) is 0 Å². The summed E-state index contributed by atoms with van der Waals surface area (Å²) in [6.07, 6.45) is 1.83. The Hall–Kier alpha value is -3.08. The van der Waals surface area contributed by atoms with E-state index in [1.807, 2.05) is 24.4 Å². The zero-order valence-electron chi connectivity index (χ0n) is 15.0. The van der Waals surface area contributed by atoms with Gasteiger partial charge in [0, 0.05) is 24.8 Å². The van der Waals surface area contributed by atoms with Gasteiger partial charge in [-0.2, -0.15) is 10.2 Å². The number of ether oxygens (including phenoxy) is 1. The fourth-order valence-electron chi connectivity index (χ4n) is 3.16. The second-order valence-electron chi connectivity index (χ2n) is 6.53. The predicted molar refractivity (Wildman–Crippen MR) is 97.4 cm³/mol. The molecule has 3 aromatic rings. The minimum absolute atomic E-state index is 0.124. The van der Waals surface area contributed by atoms with Gasteiger partial charge < -0.3 is 9.26 Å². The number of hydrogen-bond acceptors (Lipinski definition) is 7. The lowest BCUT2D eigenvalue weighted by Crippen LogP contribution is -2.39. The maximum absolute atomic E-state index is 9.07. The van der Waals surface area contributed by atoms with Gasteiger partial charge in [-0.15, -0.1) is 0 Å². The van der Waals surface area contributed by atoms with E-state index in [2.05, 4.69) is 39.1 Å². The molecule has 7 nitrogen and oxygen atoms in total. The van der Waals surface area contributed by atoms with Gasteiger partial charge in [-0.1, -0.05) is 17.3 Å². The van der Waals surface area contributed by atoms with Crippen molar-refractivity contribution in [1.29, 1.82) is 5.26 Å². The SMILES string of the molecule is Cc1ccnc(CN2CCOCC2c2nc(-c3cccc(C#N)c3)no2)c1. The zero-order chi connectivity index (χ0) is 18.6. The van der Waals surface area contributed by atoms with Crippen LogP contribution in [-0.4, -0.2) is 39.8 Å². The smallest absolute Gasteiger partial charge is 0.246 e. The van der Waals surface area contributed by atoms with Gasteiger partial charge in [0.1, 0.15) is 6.04 Å². The molecule has 1 unspecified atom stereocenters. The summed E-state index contributed by atoms with van der Waals surface area (Å²) >= 11 is 0. The van der Waals surface area contributed by atoms with E-state index in [4.69, 9.17) is 14.5 Å². The highest BCUT2D eigenvalue weighted by atomic mass is 16.5. The van der Waals surface area contributed by atoms with Gasteiger partial charge in [0.05, 0.1) is 30.5 Å². The highest BCUT2D eigenvalue weighted by Gasteiger charge is 2.30. The molecule has 0 bridgehead atoms. The molecule has 0 saturated carbocycles. The first-order chi connectivity index (χ1) is 13.2. The van der Waals surface area contributed by atoms with Gasteiger partial charge in [0.15, 0.2) is 0 Å². The summed E-state index contributed by atoms with van der Waals surface area (Å²) in [7, 11) is 0. The number of nitrogens with zero attached hydrogens (tertiary/aromatic N) is 5. The van der Waals surface area contributed by atoms with Crippen LogP contribution >= 0.6 is 0 Å². The van der Waals surface area contributed by atoms with E-state index < -0.39 is 0 Å². The van der Waals surface area contributed by atoms with Crippen molar-refractivity contribution in [3.05, 3.63) is 65.3 Å². The largest absolute Gasteiger partial charge is 0.378 e. The van der Waals surface area contributed by atoms with E-state index in [1.54, 1.807) is 12.1 Å². The number of nitriles is 1. The van der Waals surface area contributed by atoms with Crippen LogP contribution in [0.15, 0.2) is 47.1 Å². The Bertz CT molecular complexity index is 978. The van der Waals surface area contributed by atoms with Gasteiger partial charge >= 0.3 is 0 Å². The molecule has 3 heterocycles. The van der Waals surface area contributed by atoms with Crippen LogP contribution in [0.5, 0.6) is 0 Å². The Balaban J connectivity index is 1.57. The maximum Gasteiger partial charge on any atom is 0.246 e. The summed E-state index contributed by atoms with van der Waals surface area (Å²) in [4.78, 5) is 11.3. The summed E-state index contributed by atoms with van der Waals surface area (Å²) < 4.78 is 11.2. The molecule has 0 amide bonds.